The molecule has 190 valence electrons. The molecule has 2 aromatic carbocycles. The second-order valence-electron chi connectivity index (χ2n) is 9.50. The van der Waals surface area contributed by atoms with E-state index in [0.717, 1.165) is 52.5 Å². The van der Waals surface area contributed by atoms with Gasteiger partial charge >= 0.3 is 0 Å². The number of amides is 1. The summed E-state index contributed by atoms with van der Waals surface area (Å²) >= 11 is 0. The molecule has 1 unspecified atom stereocenters. The maximum atomic E-state index is 12.7. The Kier molecular flexibility index (Phi) is 7.50. The smallest absolute Gasteiger partial charge is 0.259 e. The van der Waals surface area contributed by atoms with Crippen LogP contribution in [0.15, 0.2) is 48.8 Å². The third-order valence-electron chi connectivity index (χ3n) is 6.87. The molecule has 7 nitrogen and oxygen atoms in total. The predicted octanol–water partition coefficient (Wildman–Crippen LogP) is 5.43. The Morgan fingerprint density at radius 1 is 1.08 bits per heavy atom. The summed E-state index contributed by atoms with van der Waals surface area (Å²) in [6.07, 6.45) is 4.92. The second kappa shape index (κ2) is 10.6. The molecule has 1 aromatic heterocycles. The number of methoxy groups -OCH3 is 1. The van der Waals surface area contributed by atoms with Crippen LogP contribution >= 0.6 is 0 Å². The lowest BCUT2D eigenvalue weighted by molar-refractivity contribution is 0.0160. The van der Waals surface area contributed by atoms with Gasteiger partial charge in [0.2, 0.25) is 0 Å². The van der Waals surface area contributed by atoms with Gasteiger partial charge in [-0.2, -0.15) is 0 Å². The van der Waals surface area contributed by atoms with E-state index in [0.29, 0.717) is 12.2 Å². The van der Waals surface area contributed by atoms with Crippen molar-refractivity contribution in [3.63, 3.8) is 0 Å². The van der Waals surface area contributed by atoms with Gasteiger partial charge in [0, 0.05) is 37.8 Å². The summed E-state index contributed by atoms with van der Waals surface area (Å²) in [5.41, 5.74) is 5.30. The van der Waals surface area contributed by atoms with Gasteiger partial charge in [0.25, 0.3) is 5.91 Å². The van der Waals surface area contributed by atoms with Gasteiger partial charge in [0.15, 0.2) is 6.79 Å². The molecule has 36 heavy (non-hydrogen) atoms. The van der Waals surface area contributed by atoms with Gasteiger partial charge in [0.05, 0.1) is 5.56 Å². The minimum absolute atomic E-state index is 0.115. The summed E-state index contributed by atoms with van der Waals surface area (Å²) in [5, 5.41) is 0. The third-order valence-corrected chi connectivity index (χ3v) is 6.87. The molecule has 0 fully saturated rings. The van der Waals surface area contributed by atoms with Gasteiger partial charge in [-0.05, 0) is 93.6 Å². The minimum atomic E-state index is -0.461. The number of nitrogens with zero attached hydrogens (tertiary/aromatic N) is 2. The van der Waals surface area contributed by atoms with Crippen LogP contribution in [0.25, 0.3) is 0 Å². The average molecular weight is 491 g/mol. The zero-order valence-electron chi connectivity index (χ0n) is 21.9. The molecule has 0 aliphatic carbocycles. The zero-order chi connectivity index (χ0) is 25.9. The number of aromatic nitrogens is 1. The van der Waals surface area contributed by atoms with E-state index in [1.165, 1.54) is 5.56 Å². The van der Waals surface area contributed by atoms with Gasteiger partial charge in [-0.15, -0.1) is 0 Å². The molecule has 4 rings (SSSR count). The SMILES string of the molecule is COCOc1c(C)c(C)c2c(c1C)CCC(C)(COc1ccc(N(C)C(=O)c3cccnc3)cc1)O2. The van der Waals surface area contributed by atoms with Crippen LogP contribution in [-0.4, -0.2) is 44.0 Å². The summed E-state index contributed by atoms with van der Waals surface area (Å²) in [7, 11) is 3.37. The highest BCUT2D eigenvalue weighted by molar-refractivity contribution is 6.05. The maximum Gasteiger partial charge on any atom is 0.259 e. The maximum absolute atomic E-state index is 12.7. The third kappa shape index (κ3) is 5.16. The first kappa shape index (κ1) is 25.5. The van der Waals surface area contributed by atoms with Crippen LogP contribution in [0.5, 0.6) is 17.2 Å². The first-order valence-corrected chi connectivity index (χ1v) is 12.1. The monoisotopic (exact) mass is 490 g/mol. The number of anilines is 1. The first-order valence-electron chi connectivity index (χ1n) is 12.1. The van der Waals surface area contributed by atoms with Crippen molar-refractivity contribution in [2.75, 3.05) is 32.5 Å². The highest BCUT2D eigenvalue weighted by Gasteiger charge is 2.35. The summed E-state index contributed by atoms with van der Waals surface area (Å²) in [5.74, 6) is 2.42. The summed E-state index contributed by atoms with van der Waals surface area (Å²) in [6.45, 7) is 8.92. The zero-order valence-corrected chi connectivity index (χ0v) is 21.9. The number of hydrogen-bond donors (Lipinski definition) is 0. The van der Waals surface area contributed by atoms with E-state index in [9.17, 15) is 4.79 Å². The standard InChI is InChI=1S/C29H34N2O5/c1-19-20(2)27-25(21(3)26(19)35-18-33-6)13-14-29(4,36-27)17-34-24-11-9-23(10-12-24)31(5)28(32)22-8-7-15-30-16-22/h7-12,15-16H,13-14,17-18H2,1-6H3. The van der Waals surface area contributed by atoms with E-state index < -0.39 is 5.60 Å². The average Bonchev–Trinajstić information content (AvgIpc) is 2.90. The number of rotatable bonds is 8. The molecule has 0 N–H and O–H groups in total. The molecule has 3 aromatic rings. The fourth-order valence-corrected chi connectivity index (χ4v) is 4.52. The summed E-state index contributed by atoms with van der Waals surface area (Å²) in [4.78, 5) is 18.3. The van der Waals surface area contributed by atoms with Crippen LogP contribution in [0.2, 0.25) is 0 Å². The predicted molar refractivity (Wildman–Crippen MR) is 139 cm³/mol. The highest BCUT2D eigenvalue weighted by Crippen LogP contribution is 2.44. The van der Waals surface area contributed by atoms with Gasteiger partial charge < -0.3 is 23.8 Å². The van der Waals surface area contributed by atoms with Crippen LogP contribution in [-0.2, 0) is 11.2 Å². The molecular weight excluding hydrogens is 456 g/mol. The Bertz CT molecular complexity index is 1230. The quantitative estimate of drug-likeness (QED) is 0.392. The van der Waals surface area contributed by atoms with Crippen LogP contribution < -0.4 is 19.1 Å². The fourth-order valence-electron chi connectivity index (χ4n) is 4.52. The van der Waals surface area contributed by atoms with E-state index in [1.807, 2.05) is 24.3 Å². The van der Waals surface area contributed by atoms with Gasteiger partial charge in [-0.1, -0.05) is 0 Å². The molecule has 1 amide bonds. The van der Waals surface area contributed by atoms with E-state index in [1.54, 1.807) is 43.6 Å². The van der Waals surface area contributed by atoms with Crippen molar-refractivity contribution in [1.29, 1.82) is 0 Å². The van der Waals surface area contributed by atoms with E-state index in [-0.39, 0.29) is 12.7 Å². The van der Waals surface area contributed by atoms with Crippen molar-refractivity contribution in [3.8, 4) is 17.2 Å². The second-order valence-corrected chi connectivity index (χ2v) is 9.50. The molecule has 0 saturated heterocycles. The van der Waals surface area contributed by atoms with Crippen LogP contribution in [0.3, 0.4) is 0 Å². The molecule has 2 heterocycles. The fraction of sp³-hybridized carbons (Fsp3) is 0.379. The summed E-state index contributed by atoms with van der Waals surface area (Å²) in [6, 6.07) is 11.0. The van der Waals surface area contributed by atoms with Crippen molar-refractivity contribution in [2.24, 2.45) is 0 Å². The Balaban J connectivity index is 1.43. The Morgan fingerprint density at radius 3 is 2.50 bits per heavy atom. The van der Waals surface area contributed by atoms with Crippen molar-refractivity contribution >= 4 is 11.6 Å². The molecule has 0 saturated carbocycles. The number of fused-ring (bicyclic) bond motifs is 1. The number of pyridine rings is 1. The molecular formula is C29H34N2O5. The van der Waals surface area contributed by atoms with E-state index in [4.69, 9.17) is 18.9 Å². The number of hydrogen-bond acceptors (Lipinski definition) is 6. The number of carbonyl (C=O) groups is 1. The molecule has 0 bridgehead atoms. The lowest BCUT2D eigenvalue weighted by atomic mass is 9.87. The number of carbonyl (C=O) groups excluding carboxylic acids is 1. The van der Waals surface area contributed by atoms with E-state index in [2.05, 4.69) is 32.7 Å². The Labute approximate surface area is 213 Å². The van der Waals surface area contributed by atoms with Crippen molar-refractivity contribution in [2.45, 2.75) is 46.1 Å². The largest absolute Gasteiger partial charge is 0.489 e. The van der Waals surface area contributed by atoms with E-state index >= 15 is 0 Å². The van der Waals surface area contributed by atoms with Crippen molar-refractivity contribution in [1.82, 2.24) is 4.98 Å². The molecule has 0 spiro atoms. The molecule has 7 heteroatoms. The van der Waals surface area contributed by atoms with Gasteiger partial charge in [0.1, 0.15) is 29.5 Å². The van der Waals surface area contributed by atoms with Crippen molar-refractivity contribution in [3.05, 3.63) is 76.6 Å². The van der Waals surface area contributed by atoms with Gasteiger partial charge in [-0.3, -0.25) is 9.78 Å². The van der Waals surface area contributed by atoms with Crippen LogP contribution in [0, 0.1) is 20.8 Å². The Hall–Kier alpha value is -3.58. The van der Waals surface area contributed by atoms with Crippen LogP contribution in [0.1, 0.15) is 46.0 Å². The van der Waals surface area contributed by atoms with Crippen LogP contribution in [0.4, 0.5) is 5.69 Å². The summed E-state index contributed by atoms with van der Waals surface area (Å²) < 4.78 is 23.7. The number of ether oxygens (including phenoxy) is 4. The highest BCUT2D eigenvalue weighted by atomic mass is 16.7. The van der Waals surface area contributed by atoms with Crippen molar-refractivity contribution < 1.29 is 23.7 Å². The molecule has 0 radical (unpaired) electrons. The lowest BCUT2D eigenvalue weighted by Crippen LogP contribution is -2.42. The molecule has 1 aliphatic heterocycles. The van der Waals surface area contributed by atoms with Gasteiger partial charge in [-0.25, -0.2) is 0 Å². The topological polar surface area (TPSA) is 70.1 Å². The molecule has 1 atom stereocenters. The lowest BCUT2D eigenvalue weighted by Gasteiger charge is -2.38. The first-order chi connectivity index (χ1) is 17.2. The number of benzene rings is 2. The normalized spacial score (nSPS) is 16.6. The Morgan fingerprint density at radius 2 is 1.83 bits per heavy atom. The molecule has 1 aliphatic rings. The minimum Gasteiger partial charge on any atom is -0.489 e.